The molecule has 0 N–H and O–H groups in total. The highest BCUT2D eigenvalue weighted by Gasteiger charge is 2.18. The molecule has 0 aliphatic rings. The van der Waals surface area contributed by atoms with Crippen molar-refractivity contribution in [2.45, 2.75) is 19.9 Å². The third-order valence-electron chi connectivity index (χ3n) is 4.35. The zero-order valence-corrected chi connectivity index (χ0v) is 14.4. The molecular formula is C18H15ClFN5. The molecule has 0 spiro atoms. The highest BCUT2D eigenvalue weighted by Crippen LogP contribution is 2.29. The lowest BCUT2D eigenvalue weighted by Gasteiger charge is -2.12. The molecule has 25 heavy (non-hydrogen) atoms. The molecule has 0 aliphatic carbocycles. The smallest absolute Gasteiger partial charge is 0.148 e. The minimum absolute atomic E-state index is 0.0392. The van der Waals surface area contributed by atoms with Crippen molar-refractivity contribution in [2.75, 3.05) is 0 Å². The van der Waals surface area contributed by atoms with Crippen molar-refractivity contribution in [3.8, 4) is 5.69 Å². The number of hydrogen-bond acceptors (Lipinski definition) is 3. The lowest BCUT2D eigenvalue weighted by atomic mass is 10.2. The molecule has 0 saturated carbocycles. The van der Waals surface area contributed by atoms with Crippen LogP contribution in [0.1, 0.15) is 24.1 Å². The van der Waals surface area contributed by atoms with Gasteiger partial charge in [-0.3, -0.25) is 0 Å². The van der Waals surface area contributed by atoms with Gasteiger partial charge < -0.3 is 4.57 Å². The summed E-state index contributed by atoms with van der Waals surface area (Å²) in [6, 6.07) is 6.51. The predicted molar refractivity (Wildman–Crippen MR) is 94.6 cm³/mol. The molecule has 0 bridgehead atoms. The highest BCUT2D eigenvalue weighted by molar-refractivity contribution is 6.34. The molecule has 1 unspecified atom stereocenters. The summed E-state index contributed by atoms with van der Waals surface area (Å²) < 4.78 is 17.5. The van der Waals surface area contributed by atoms with Gasteiger partial charge in [-0.2, -0.15) is 5.10 Å². The molecule has 0 fully saturated rings. The predicted octanol–water partition coefficient (Wildman–Crippen LogP) is 4.33. The number of hydrogen-bond donors (Lipinski definition) is 0. The van der Waals surface area contributed by atoms with Crippen LogP contribution in [0.2, 0.25) is 5.15 Å². The van der Waals surface area contributed by atoms with Crippen LogP contribution in [0.25, 0.3) is 16.7 Å². The zero-order valence-electron chi connectivity index (χ0n) is 13.7. The Morgan fingerprint density at radius 1 is 1.16 bits per heavy atom. The van der Waals surface area contributed by atoms with E-state index in [4.69, 9.17) is 11.6 Å². The molecular weight excluding hydrogens is 341 g/mol. The number of para-hydroxylation sites is 1. The highest BCUT2D eigenvalue weighted by atomic mass is 35.5. The Kier molecular flexibility index (Phi) is 3.77. The monoisotopic (exact) mass is 355 g/mol. The summed E-state index contributed by atoms with van der Waals surface area (Å²) >= 11 is 6.21. The lowest BCUT2D eigenvalue weighted by molar-refractivity contribution is 0.610. The van der Waals surface area contributed by atoms with Gasteiger partial charge in [-0.05, 0) is 31.5 Å². The number of aryl methyl sites for hydroxylation is 1. The number of rotatable bonds is 3. The molecule has 0 radical (unpaired) electrons. The summed E-state index contributed by atoms with van der Waals surface area (Å²) in [5.41, 5.74) is 3.13. The summed E-state index contributed by atoms with van der Waals surface area (Å²) in [7, 11) is 0. The molecule has 5 nitrogen and oxygen atoms in total. The van der Waals surface area contributed by atoms with Crippen LogP contribution in [0.4, 0.5) is 4.39 Å². The standard InChI is InChI=1S/C18H15ClFN5/c1-11-8-24(18-16(11)17(19)21-10-22-18)12(2)13-7-23-25(9-13)15-6-4-3-5-14(15)20/h3-10,12H,1-2H3. The van der Waals surface area contributed by atoms with Crippen molar-refractivity contribution in [2.24, 2.45) is 0 Å². The van der Waals surface area contributed by atoms with Gasteiger partial charge in [0.15, 0.2) is 0 Å². The maximum Gasteiger partial charge on any atom is 0.148 e. The first kappa shape index (κ1) is 15.8. The lowest BCUT2D eigenvalue weighted by Crippen LogP contribution is -2.05. The van der Waals surface area contributed by atoms with E-state index < -0.39 is 0 Å². The van der Waals surface area contributed by atoms with Crippen molar-refractivity contribution < 1.29 is 4.39 Å². The minimum atomic E-state index is -0.313. The first-order chi connectivity index (χ1) is 12.1. The van der Waals surface area contributed by atoms with E-state index in [1.165, 1.54) is 12.4 Å². The second-order valence-electron chi connectivity index (χ2n) is 5.93. The summed E-state index contributed by atoms with van der Waals surface area (Å²) in [5.74, 6) is -0.313. The normalized spacial score (nSPS) is 12.6. The largest absolute Gasteiger partial charge is 0.325 e. The topological polar surface area (TPSA) is 48.5 Å². The fourth-order valence-corrected chi connectivity index (χ4v) is 3.28. The average Bonchev–Trinajstić information content (AvgIpc) is 3.21. The van der Waals surface area contributed by atoms with Crippen molar-refractivity contribution in [3.63, 3.8) is 0 Å². The van der Waals surface area contributed by atoms with Crippen LogP contribution in [0.15, 0.2) is 49.2 Å². The summed E-state index contributed by atoms with van der Waals surface area (Å²) in [6.45, 7) is 4.02. The van der Waals surface area contributed by atoms with Gasteiger partial charge in [0, 0.05) is 18.0 Å². The Hall–Kier alpha value is -2.73. The van der Waals surface area contributed by atoms with Crippen molar-refractivity contribution in [1.29, 1.82) is 0 Å². The minimum Gasteiger partial charge on any atom is -0.325 e. The second-order valence-corrected chi connectivity index (χ2v) is 6.29. The van der Waals surface area contributed by atoms with E-state index in [0.29, 0.717) is 10.8 Å². The van der Waals surface area contributed by atoms with E-state index in [9.17, 15) is 4.39 Å². The molecule has 3 aromatic heterocycles. The van der Waals surface area contributed by atoms with Crippen LogP contribution < -0.4 is 0 Å². The number of nitrogens with zero attached hydrogens (tertiary/aromatic N) is 5. The van der Waals surface area contributed by atoms with Crippen LogP contribution in [0.3, 0.4) is 0 Å². The molecule has 1 aromatic carbocycles. The van der Waals surface area contributed by atoms with E-state index >= 15 is 0 Å². The Morgan fingerprint density at radius 2 is 1.96 bits per heavy atom. The van der Waals surface area contributed by atoms with Crippen LogP contribution in [0, 0.1) is 12.7 Å². The van der Waals surface area contributed by atoms with Crippen molar-refractivity contribution in [1.82, 2.24) is 24.3 Å². The van der Waals surface area contributed by atoms with Gasteiger partial charge in [-0.1, -0.05) is 23.7 Å². The van der Waals surface area contributed by atoms with Crippen LogP contribution in [-0.2, 0) is 0 Å². The van der Waals surface area contributed by atoms with Gasteiger partial charge in [-0.25, -0.2) is 19.0 Å². The van der Waals surface area contributed by atoms with Gasteiger partial charge >= 0.3 is 0 Å². The Balaban J connectivity index is 1.77. The molecule has 0 aliphatic heterocycles. The third-order valence-corrected chi connectivity index (χ3v) is 4.64. The molecule has 3 heterocycles. The maximum atomic E-state index is 14.0. The quantitative estimate of drug-likeness (QED) is 0.514. The Bertz CT molecular complexity index is 1070. The summed E-state index contributed by atoms with van der Waals surface area (Å²) in [4.78, 5) is 8.42. The van der Waals surface area contributed by atoms with Crippen molar-refractivity contribution >= 4 is 22.6 Å². The molecule has 126 valence electrons. The van der Waals surface area contributed by atoms with Crippen LogP contribution in [0.5, 0.6) is 0 Å². The molecule has 4 rings (SSSR count). The van der Waals surface area contributed by atoms with Gasteiger partial charge in [0.05, 0.1) is 17.6 Å². The maximum absolute atomic E-state index is 14.0. The number of fused-ring (bicyclic) bond motifs is 1. The first-order valence-electron chi connectivity index (χ1n) is 7.83. The van der Waals surface area contributed by atoms with Crippen LogP contribution >= 0.6 is 11.6 Å². The van der Waals surface area contributed by atoms with E-state index in [-0.39, 0.29) is 11.9 Å². The molecule has 7 heteroatoms. The van der Waals surface area contributed by atoms with Crippen LogP contribution in [-0.4, -0.2) is 24.3 Å². The first-order valence-corrected chi connectivity index (χ1v) is 8.21. The van der Waals surface area contributed by atoms with Gasteiger partial charge in [-0.15, -0.1) is 0 Å². The fourth-order valence-electron chi connectivity index (χ4n) is 3.00. The Labute approximate surface area is 148 Å². The average molecular weight is 356 g/mol. The van der Waals surface area contributed by atoms with E-state index in [1.54, 1.807) is 29.1 Å². The summed E-state index contributed by atoms with van der Waals surface area (Å²) in [5, 5.41) is 5.59. The molecule has 0 saturated heterocycles. The van der Waals surface area contributed by atoms with E-state index in [1.807, 2.05) is 30.8 Å². The van der Waals surface area contributed by atoms with E-state index in [2.05, 4.69) is 15.1 Å². The van der Waals surface area contributed by atoms with E-state index in [0.717, 1.165) is 22.2 Å². The second kappa shape index (κ2) is 5.97. The van der Waals surface area contributed by atoms with Gasteiger partial charge in [0.2, 0.25) is 0 Å². The van der Waals surface area contributed by atoms with Crippen molar-refractivity contribution in [3.05, 3.63) is 71.3 Å². The number of halogens is 2. The number of benzene rings is 1. The Morgan fingerprint density at radius 3 is 2.76 bits per heavy atom. The molecule has 1 atom stereocenters. The number of aromatic nitrogens is 5. The molecule has 4 aromatic rings. The SMILES string of the molecule is Cc1cn(C(C)c2cnn(-c3ccccc3F)c2)c2ncnc(Cl)c12. The molecule has 0 amide bonds. The van der Waals surface area contributed by atoms with Gasteiger partial charge in [0.25, 0.3) is 0 Å². The summed E-state index contributed by atoms with van der Waals surface area (Å²) in [6.07, 6.45) is 7.01. The zero-order chi connectivity index (χ0) is 17.6. The third kappa shape index (κ3) is 2.59. The van der Waals surface area contributed by atoms with Gasteiger partial charge in [0.1, 0.15) is 28.6 Å². The fraction of sp³-hybridized carbons (Fsp3) is 0.167.